The topological polar surface area (TPSA) is 100 Å². The lowest BCUT2D eigenvalue weighted by Crippen LogP contribution is -2.35. The molecule has 0 unspecified atom stereocenters. The fourth-order valence-corrected chi connectivity index (χ4v) is 2.86. The van der Waals surface area contributed by atoms with Gasteiger partial charge < -0.3 is 20.1 Å². The van der Waals surface area contributed by atoms with Gasteiger partial charge in [0.2, 0.25) is 5.91 Å². The van der Waals surface area contributed by atoms with E-state index in [-0.39, 0.29) is 12.5 Å². The summed E-state index contributed by atoms with van der Waals surface area (Å²) in [7, 11) is 0. The number of anilines is 1. The Morgan fingerprint density at radius 3 is 2.96 bits per heavy atom. The molecule has 0 saturated carbocycles. The molecule has 0 fully saturated rings. The van der Waals surface area contributed by atoms with Crippen LogP contribution in [0.3, 0.4) is 0 Å². The van der Waals surface area contributed by atoms with Gasteiger partial charge in [-0.15, -0.1) is 0 Å². The van der Waals surface area contributed by atoms with Crippen LogP contribution in [0.2, 0.25) is 0 Å². The molecule has 0 aromatic carbocycles. The smallest absolute Gasteiger partial charge is 0.219 e. The average Bonchev–Trinajstić information content (AvgIpc) is 2.67. The van der Waals surface area contributed by atoms with E-state index >= 15 is 0 Å². The number of hydrogen-bond donors (Lipinski definition) is 2. The molecule has 2 aromatic rings. The predicted octanol–water partition coefficient (Wildman–Crippen LogP) is 0.864. The van der Waals surface area contributed by atoms with Crippen LogP contribution < -0.4 is 5.32 Å². The fraction of sp³-hybridized carbons (Fsp3) is 0.444. The molecular weight excluding hydrogens is 334 g/mol. The summed E-state index contributed by atoms with van der Waals surface area (Å²) in [6.45, 7) is 4.07. The lowest BCUT2D eigenvalue weighted by atomic mass is 10.0. The molecule has 3 heterocycles. The minimum atomic E-state index is 0.00755. The van der Waals surface area contributed by atoms with Crippen molar-refractivity contribution in [3.05, 3.63) is 35.7 Å². The van der Waals surface area contributed by atoms with Gasteiger partial charge in [0.1, 0.15) is 11.5 Å². The molecule has 1 aliphatic rings. The first-order chi connectivity index (χ1) is 12.7. The number of carbonyl (C=O) groups excluding carboxylic acids is 1. The molecule has 1 amide bonds. The maximum atomic E-state index is 11.7. The van der Waals surface area contributed by atoms with Crippen molar-refractivity contribution in [1.82, 2.24) is 19.9 Å². The number of hydrogen-bond acceptors (Lipinski definition) is 7. The Balaban J connectivity index is 1.86. The molecule has 3 rings (SSSR count). The van der Waals surface area contributed by atoms with Crippen LogP contribution in [-0.2, 0) is 22.5 Å². The van der Waals surface area contributed by atoms with Gasteiger partial charge in [0.15, 0.2) is 5.82 Å². The zero-order valence-corrected chi connectivity index (χ0v) is 14.8. The van der Waals surface area contributed by atoms with Gasteiger partial charge in [-0.25, -0.2) is 9.97 Å². The molecular formula is C18H23N5O3. The lowest BCUT2D eigenvalue weighted by molar-refractivity contribution is -0.129. The van der Waals surface area contributed by atoms with Crippen LogP contribution in [0.25, 0.3) is 11.5 Å². The maximum Gasteiger partial charge on any atom is 0.219 e. The third-order valence-electron chi connectivity index (χ3n) is 4.18. The second-order valence-corrected chi connectivity index (χ2v) is 5.99. The fourth-order valence-electron chi connectivity index (χ4n) is 2.86. The van der Waals surface area contributed by atoms with Gasteiger partial charge in [0.25, 0.3) is 0 Å². The average molecular weight is 357 g/mol. The highest BCUT2D eigenvalue weighted by Crippen LogP contribution is 2.26. The Labute approximate surface area is 152 Å². The first-order valence-electron chi connectivity index (χ1n) is 8.68. The molecule has 2 aromatic heterocycles. The summed E-state index contributed by atoms with van der Waals surface area (Å²) in [5, 5.41) is 12.1. The van der Waals surface area contributed by atoms with Crippen molar-refractivity contribution in [3.8, 4) is 11.5 Å². The minimum absolute atomic E-state index is 0.00755. The number of ether oxygens (including phenoxy) is 1. The molecule has 0 spiro atoms. The van der Waals surface area contributed by atoms with Crippen LogP contribution in [0.15, 0.2) is 24.4 Å². The zero-order valence-electron chi connectivity index (χ0n) is 14.8. The monoisotopic (exact) mass is 357 g/mol. The van der Waals surface area contributed by atoms with Gasteiger partial charge in [0, 0.05) is 31.8 Å². The third kappa shape index (κ3) is 4.33. The number of aromatic nitrogens is 3. The summed E-state index contributed by atoms with van der Waals surface area (Å²) < 4.78 is 5.29. The lowest BCUT2D eigenvalue weighted by Gasteiger charge is -2.28. The number of aliphatic hydroxyl groups excluding tert-OH is 1. The molecule has 0 aliphatic carbocycles. The van der Waals surface area contributed by atoms with Crippen molar-refractivity contribution in [3.63, 3.8) is 0 Å². The summed E-state index contributed by atoms with van der Waals surface area (Å²) in [6, 6.07) is 5.60. The number of nitrogens with zero attached hydrogens (tertiary/aromatic N) is 4. The van der Waals surface area contributed by atoms with E-state index in [1.807, 2.05) is 18.2 Å². The van der Waals surface area contributed by atoms with Gasteiger partial charge in [0.05, 0.1) is 32.1 Å². The minimum Gasteiger partial charge on any atom is -0.394 e. The van der Waals surface area contributed by atoms with E-state index in [4.69, 9.17) is 9.84 Å². The van der Waals surface area contributed by atoms with Crippen molar-refractivity contribution in [2.45, 2.75) is 19.9 Å². The number of aliphatic hydroxyl groups is 1. The quantitative estimate of drug-likeness (QED) is 0.709. The van der Waals surface area contributed by atoms with E-state index in [0.29, 0.717) is 50.8 Å². The van der Waals surface area contributed by atoms with E-state index in [9.17, 15) is 4.79 Å². The maximum absolute atomic E-state index is 11.7. The van der Waals surface area contributed by atoms with Crippen LogP contribution in [0.5, 0.6) is 0 Å². The van der Waals surface area contributed by atoms with Crippen LogP contribution in [0, 0.1) is 0 Å². The Morgan fingerprint density at radius 1 is 1.35 bits per heavy atom. The highest BCUT2D eigenvalue weighted by atomic mass is 16.5. The molecule has 2 N–H and O–H groups in total. The second-order valence-electron chi connectivity index (χ2n) is 5.99. The van der Waals surface area contributed by atoms with E-state index in [0.717, 1.165) is 17.1 Å². The van der Waals surface area contributed by atoms with Crippen molar-refractivity contribution < 1.29 is 14.6 Å². The molecule has 26 heavy (non-hydrogen) atoms. The van der Waals surface area contributed by atoms with E-state index in [2.05, 4.69) is 20.3 Å². The van der Waals surface area contributed by atoms with E-state index in [1.54, 1.807) is 18.0 Å². The first-order valence-corrected chi connectivity index (χ1v) is 8.68. The zero-order chi connectivity index (χ0) is 18.4. The van der Waals surface area contributed by atoms with Crippen LogP contribution in [-0.4, -0.2) is 63.8 Å². The molecule has 8 nitrogen and oxygen atoms in total. The molecule has 0 atom stereocenters. The normalized spacial score (nSPS) is 13.4. The molecule has 138 valence electrons. The van der Waals surface area contributed by atoms with Gasteiger partial charge >= 0.3 is 0 Å². The third-order valence-corrected chi connectivity index (χ3v) is 4.18. The van der Waals surface area contributed by atoms with Crippen LogP contribution >= 0.6 is 0 Å². The van der Waals surface area contributed by atoms with E-state index in [1.165, 1.54) is 0 Å². The van der Waals surface area contributed by atoms with E-state index < -0.39 is 0 Å². The van der Waals surface area contributed by atoms with Crippen molar-refractivity contribution in [2.75, 3.05) is 38.2 Å². The Bertz CT molecular complexity index is 754. The Hall–Kier alpha value is -2.58. The molecule has 0 radical (unpaired) electrons. The van der Waals surface area contributed by atoms with Gasteiger partial charge in [-0.05, 0) is 18.6 Å². The number of carbonyl (C=O) groups is 1. The number of nitrogens with one attached hydrogen (secondary N) is 1. The number of fused-ring (bicyclic) bond motifs is 1. The summed E-state index contributed by atoms with van der Waals surface area (Å²) in [5.41, 5.74) is 2.57. The number of pyridine rings is 1. The summed E-state index contributed by atoms with van der Waals surface area (Å²) in [5.74, 6) is 1.33. The molecule has 8 heteroatoms. The highest BCUT2D eigenvalue weighted by Gasteiger charge is 2.24. The summed E-state index contributed by atoms with van der Waals surface area (Å²) >= 11 is 0. The van der Waals surface area contributed by atoms with Gasteiger partial charge in [-0.1, -0.05) is 6.07 Å². The van der Waals surface area contributed by atoms with Crippen molar-refractivity contribution in [2.24, 2.45) is 0 Å². The highest BCUT2D eigenvalue weighted by molar-refractivity contribution is 5.74. The van der Waals surface area contributed by atoms with Gasteiger partial charge in [-0.3, -0.25) is 9.78 Å². The molecule has 0 saturated heterocycles. The van der Waals surface area contributed by atoms with Crippen molar-refractivity contribution in [1.29, 1.82) is 0 Å². The number of amides is 1. The van der Waals surface area contributed by atoms with Gasteiger partial charge in [-0.2, -0.15) is 0 Å². The summed E-state index contributed by atoms with van der Waals surface area (Å²) in [6.07, 6.45) is 2.41. The second kappa shape index (κ2) is 8.68. The van der Waals surface area contributed by atoms with Crippen LogP contribution in [0.1, 0.15) is 18.2 Å². The van der Waals surface area contributed by atoms with Crippen LogP contribution in [0.4, 0.5) is 5.82 Å². The Kier molecular flexibility index (Phi) is 6.08. The summed E-state index contributed by atoms with van der Waals surface area (Å²) in [4.78, 5) is 27.2. The Morgan fingerprint density at radius 2 is 2.23 bits per heavy atom. The first kappa shape index (κ1) is 18.2. The molecule has 0 bridgehead atoms. The van der Waals surface area contributed by atoms with Crippen molar-refractivity contribution >= 4 is 11.7 Å². The standard InChI is InChI=1S/C18H23N5O3/c1-13(25)23-8-5-14-16(12-23)21-18(15-4-2-3-6-19-15)22-17(14)20-7-10-26-11-9-24/h2-4,6,24H,5,7-12H2,1H3,(H,20,21,22). The molecule has 1 aliphatic heterocycles. The largest absolute Gasteiger partial charge is 0.394 e. The predicted molar refractivity (Wildman–Crippen MR) is 96.5 cm³/mol. The SMILES string of the molecule is CC(=O)N1CCc2c(nc(-c3ccccn3)nc2NCCOCCO)C1. The number of rotatable bonds is 7.